The Morgan fingerprint density at radius 2 is 2.25 bits per heavy atom. The second-order valence-electron chi connectivity index (χ2n) is 2.72. The lowest BCUT2D eigenvalue weighted by Crippen LogP contribution is -1.91. The highest BCUT2D eigenvalue weighted by molar-refractivity contribution is 5.58. The quantitative estimate of drug-likeness (QED) is 0.628. The molecule has 1 heterocycles. The highest BCUT2D eigenvalue weighted by Gasteiger charge is 2.00. The molecular formula is C10H10N2. The van der Waals surface area contributed by atoms with Crippen molar-refractivity contribution in [3.63, 3.8) is 0 Å². The Hall–Kier alpha value is -1.62. The van der Waals surface area contributed by atoms with Crippen molar-refractivity contribution in [3.8, 4) is 6.07 Å². The van der Waals surface area contributed by atoms with Crippen molar-refractivity contribution in [1.29, 1.82) is 5.26 Å². The summed E-state index contributed by atoms with van der Waals surface area (Å²) in [6, 6.07) is 5.65. The molecule has 0 amide bonds. The third kappa shape index (κ3) is 1.51. The zero-order chi connectivity index (χ0) is 9.14. The summed E-state index contributed by atoms with van der Waals surface area (Å²) in [5.41, 5.74) is 3.16. The summed E-state index contributed by atoms with van der Waals surface area (Å²) in [5, 5.41) is 8.64. The number of rotatable bonds is 1. The van der Waals surface area contributed by atoms with E-state index >= 15 is 0 Å². The number of aryl methyl sites for hydroxylation is 1. The molecular weight excluding hydrogens is 148 g/mol. The summed E-state index contributed by atoms with van der Waals surface area (Å²) in [5.74, 6) is 0. The van der Waals surface area contributed by atoms with E-state index in [1.165, 1.54) is 0 Å². The number of hydrogen-bond acceptors (Lipinski definition) is 2. The van der Waals surface area contributed by atoms with Gasteiger partial charge in [0, 0.05) is 0 Å². The predicted octanol–water partition coefficient (Wildman–Crippen LogP) is 2.29. The largest absolute Gasteiger partial charge is 0.252 e. The molecule has 0 aliphatic carbocycles. The highest BCUT2D eigenvalue weighted by atomic mass is 14.7. The van der Waals surface area contributed by atoms with Crippen LogP contribution in [0, 0.1) is 18.3 Å². The van der Waals surface area contributed by atoms with Crippen molar-refractivity contribution in [3.05, 3.63) is 35.7 Å². The van der Waals surface area contributed by atoms with E-state index in [1.54, 1.807) is 6.07 Å². The molecule has 0 aliphatic heterocycles. The molecule has 2 heteroatoms. The topological polar surface area (TPSA) is 36.7 Å². The maximum Gasteiger partial charge on any atom is 0.101 e. The Morgan fingerprint density at radius 1 is 1.58 bits per heavy atom. The van der Waals surface area contributed by atoms with Gasteiger partial charge in [-0.25, -0.2) is 0 Å². The number of aromatic nitrogens is 1. The molecule has 0 aliphatic rings. The molecule has 1 aromatic heterocycles. The molecule has 12 heavy (non-hydrogen) atoms. The molecule has 0 aromatic carbocycles. The molecule has 0 bridgehead atoms. The second kappa shape index (κ2) is 3.19. The first kappa shape index (κ1) is 8.48. The average molecular weight is 158 g/mol. The molecule has 0 saturated heterocycles. The van der Waals surface area contributed by atoms with E-state index in [2.05, 4.69) is 17.6 Å². The van der Waals surface area contributed by atoms with Crippen molar-refractivity contribution < 1.29 is 0 Å². The van der Waals surface area contributed by atoms with Gasteiger partial charge in [-0.15, -0.1) is 0 Å². The van der Waals surface area contributed by atoms with Crippen molar-refractivity contribution >= 4 is 5.57 Å². The van der Waals surface area contributed by atoms with Gasteiger partial charge >= 0.3 is 0 Å². The van der Waals surface area contributed by atoms with Crippen molar-refractivity contribution in [2.24, 2.45) is 0 Å². The SMILES string of the molecule is C=C(C)c1ccc(C#N)c(C)n1. The van der Waals surface area contributed by atoms with Gasteiger partial charge in [0.15, 0.2) is 0 Å². The maximum atomic E-state index is 8.64. The van der Waals surface area contributed by atoms with E-state index in [0.29, 0.717) is 5.56 Å². The molecule has 1 aromatic rings. The monoisotopic (exact) mass is 158 g/mol. The Bertz CT molecular complexity index is 359. The van der Waals surface area contributed by atoms with Gasteiger partial charge in [0.1, 0.15) is 6.07 Å². The molecule has 2 nitrogen and oxygen atoms in total. The summed E-state index contributed by atoms with van der Waals surface area (Å²) >= 11 is 0. The van der Waals surface area contributed by atoms with Gasteiger partial charge in [0.25, 0.3) is 0 Å². The molecule has 1 rings (SSSR count). The molecule has 0 radical (unpaired) electrons. The van der Waals surface area contributed by atoms with Crippen LogP contribution in [0.3, 0.4) is 0 Å². The van der Waals surface area contributed by atoms with Gasteiger partial charge in [-0.05, 0) is 31.6 Å². The predicted molar refractivity (Wildman–Crippen MR) is 48.4 cm³/mol. The minimum absolute atomic E-state index is 0.625. The van der Waals surface area contributed by atoms with Crippen LogP contribution in [-0.4, -0.2) is 4.98 Å². The van der Waals surface area contributed by atoms with Gasteiger partial charge in [0.2, 0.25) is 0 Å². The molecule has 0 unspecified atom stereocenters. The van der Waals surface area contributed by atoms with E-state index in [1.807, 2.05) is 19.9 Å². The van der Waals surface area contributed by atoms with Crippen LogP contribution in [-0.2, 0) is 0 Å². The zero-order valence-corrected chi connectivity index (χ0v) is 7.26. The minimum atomic E-state index is 0.625. The summed E-state index contributed by atoms with van der Waals surface area (Å²) in [6.07, 6.45) is 0. The third-order valence-corrected chi connectivity index (χ3v) is 1.64. The van der Waals surface area contributed by atoms with Gasteiger partial charge in [0.05, 0.1) is 17.0 Å². The second-order valence-corrected chi connectivity index (χ2v) is 2.72. The van der Waals surface area contributed by atoms with Crippen LogP contribution in [0.2, 0.25) is 0 Å². The highest BCUT2D eigenvalue weighted by Crippen LogP contribution is 2.11. The number of allylic oxidation sites excluding steroid dienone is 1. The van der Waals surface area contributed by atoms with Crippen LogP contribution < -0.4 is 0 Å². The molecule has 0 spiro atoms. The lowest BCUT2D eigenvalue weighted by Gasteiger charge is -2.00. The first-order chi connectivity index (χ1) is 5.65. The van der Waals surface area contributed by atoms with Crippen LogP contribution in [0.4, 0.5) is 0 Å². The summed E-state index contributed by atoms with van der Waals surface area (Å²) in [6.45, 7) is 7.50. The fourth-order valence-electron chi connectivity index (χ4n) is 0.917. The van der Waals surface area contributed by atoms with Crippen molar-refractivity contribution in [2.45, 2.75) is 13.8 Å². The van der Waals surface area contributed by atoms with Gasteiger partial charge in [-0.3, -0.25) is 4.98 Å². The first-order valence-corrected chi connectivity index (χ1v) is 3.69. The third-order valence-electron chi connectivity index (χ3n) is 1.64. The molecule has 0 fully saturated rings. The van der Waals surface area contributed by atoms with Crippen LogP contribution >= 0.6 is 0 Å². The lowest BCUT2D eigenvalue weighted by atomic mass is 10.1. The maximum absolute atomic E-state index is 8.64. The van der Waals surface area contributed by atoms with Crippen molar-refractivity contribution in [1.82, 2.24) is 4.98 Å². The van der Waals surface area contributed by atoms with E-state index in [4.69, 9.17) is 5.26 Å². The normalized spacial score (nSPS) is 9.08. The summed E-state index contributed by atoms with van der Waals surface area (Å²) < 4.78 is 0. The minimum Gasteiger partial charge on any atom is -0.252 e. The number of pyridine rings is 1. The molecule has 60 valence electrons. The Kier molecular flexibility index (Phi) is 2.25. The number of nitrogens with zero attached hydrogens (tertiary/aromatic N) is 2. The smallest absolute Gasteiger partial charge is 0.101 e. The lowest BCUT2D eigenvalue weighted by molar-refractivity contribution is 1.15. The Morgan fingerprint density at radius 3 is 2.67 bits per heavy atom. The molecule has 0 saturated carbocycles. The molecule has 0 atom stereocenters. The number of nitriles is 1. The van der Waals surface area contributed by atoms with Gasteiger partial charge < -0.3 is 0 Å². The fourth-order valence-corrected chi connectivity index (χ4v) is 0.917. The van der Waals surface area contributed by atoms with Gasteiger partial charge in [-0.1, -0.05) is 6.58 Å². The standard InChI is InChI=1S/C10H10N2/c1-7(2)10-5-4-9(6-11)8(3)12-10/h4-5H,1H2,2-3H3. The van der Waals surface area contributed by atoms with Gasteiger partial charge in [-0.2, -0.15) is 5.26 Å². The van der Waals surface area contributed by atoms with Crippen LogP contribution in [0.15, 0.2) is 18.7 Å². The molecule has 0 N–H and O–H groups in total. The fraction of sp³-hybridized carbons (Fsp3) is 0.200. The van der Waals surface area contributed by atoms with Crippen LogP contribution in [0.5, 0.6) is 0 Å². The van der Waals surface area contributed by atoms with Crippen molar-refractivity contribution in [2.75, 3.05) is 0 Å². The van der Waals surface area contributed by atoms with E-state index in [0.717, 1.165) is 17.0 Å². The number of hydrogen-bond donors (Lipinski definition) is 0. The van der Waals surface area contributed by atoms with E-state index < -0.39 is 0 Å². The Labute approximate surface area is 72.2 Å². The summed E-state index contributed by atoms with van der Waals surface area (Å²) in [4.78, 5) is 4.22. The summed E-state index contributed by atoms with van der Waals surface area (Å²) in [7, 11) is 0. The van der Waals surface area contributed by atoms with E-state index in [-0.39, 0.29) is 0 Å². The Balaban J connectivity index is 3.21. The zero-order valence-electron chi connectivity index (χ0n) is 7.26. The van der Waals surface area contributed by atoms with Crippen LogP contribution in [0.1, 0.15) is 23.9 Å². The average Bonchev–Trinajstić information content (AvgIpc) is 2.04. The van der Waals surface area contributed by atoms with Crippen LogP contribution in [0.25, 0.3) is 5.57 Å². The first-order valence-electron chi connectivity index (χ1n) is 3.69. The van der Waals surface area contributed by atoms with E-state index in [9.17, 15) is 0 Å².